The lowest BCUT2D eigenvalue weighted by Gasteiger charge is -2.12. The number of benzene rings is 1. The predicted octanol–water partition coefficient (Wildman–Crippen LogP) is 5.40. The molecule has 3 aromatic heterocycles. The molecule has 38 heavy (non-hydrogen) atoms. The molecule has 0 aliphatic heterocycles. The van der Waals surface area contributed by atoms with Crippen molar-refractivity contribution in [1.29, 1.82) is 0 Å². The van der Waals surface area contributed by atoms with Crippen molar-refractivity contribution in [2.45, 2.75) is 45.7 Å². The maximum Gasteiger partial charge on any atom is 0.325 e. The topological polar surface area (TPSA) is 147 Å². The van der Waals surface area contributed by atoms with Crippen molar-refractivity contribution in [2.75, 3.05) is 10.6 Å². The summed E-state index contributed by atoms with van der Waals surface area (Å²) in [6.45, 7) is 0. The Morgan fingerprint density at radius 2 is 1.82 bits per heavy atom. The van der Waals surface area contributed by atoms with E-state index < -0.39 is 15.9 Å². The van der Waals surface area contributed by atoms with Gasteiger partial charge in [0, 0.05) is 35.2 Å². The lowest BCUT2D eigenvalue weighted by molar-refractivity contribution is 0.0918. The van der Waals surface area contributed by atoms with Crippen molar-refractivity contribution in [3.63, 3.8) is 0 Å². The Kier molecular flexibility index (Phi) is 7.86. The lowest BCUT2D eigenvalue weighted by Crippen LogP contribution is -2.22. The molecular formula is C25H24N6O4S3. The molecule has 1 aliphatic rings. The number of nitrogens with one attached hydrogen (secondary N) is 3. The largest absolute Gasteiger partial charge is 0.335 e. The number of carbonyl (C=O) groups is 2. The Morgan fingerprint density at radius 1 is 1.03 bits per heavy atom. The second kappa shape index (κ2) is 11.5. The van der Waals surface area contributed by atoms with Crippen LogP contribution in [0.3, 0.4) is 0 Å². The van der Waals surface area contributed by atoms with E-state index in [2.05, 4.69) is 30.6 Å². The zero-order chi connectivity index (χ0) is 26.5. The number of aromatic nitrogens is 4. The first-order valence-corrected chi connectivity index (χ1v) is 15.2. The summed E-state index contributed by atoms with van der Waals surface area (Å²) in [5.41, 5.74) is 0.811. The van der Waals surface area contributed by atoms with E-state index in [9.17, 15) is 18.0 Å². The SMILES string of the molecule is O=C(Nc1nc(CSc2ccccc2)c(S(=O)(=O)c2ncc[nH]2)s1)Nc1cccnc1C(=O)C1CCCC1. The Hall–Kier alpha value is -3.55. The normalized spacial score (nSPS) is 13.9. The number of anilines is 2. The zero-order valence-electron chi connectivity index (χ0n) is 20.1. The monoisotopic (exact) mass is 568 g/mol. The molecule has 10 nitrogen and oxygen atoms in total. The number of rotatable bonds is 9. The molecule has 1 saturated carbocycles. The molecule has 196 valence electrons. The average molecular weight is 569 g/mol. The van der Waals surface area contributed by atoms with Crippen LogP contribution in [-0.4, -0.2) is 40.2 Å². The summed E-state index contributed by atoms with van der Waals surface area (Å²) in [5.74, 6) is 0.0908. The van der Waals surface area contributed by atoms with Crippen LogP contribution in [0.25, 0.3) is 0 Å². The van der Waals surface area contributed by atoms with E-state index in [1.807, 2.05) is 30.3 Å². The van der Waals surface area contributed by atoms with Crippen LogP contribution >= 0.6 is 23.1 Å². The summed E-state index contributed by atoms with van der Waals surface area (Å²) in [7, 11) is -3.98. The van der Waals surface area contributed by atoms with Crippen molar-refractivity contribution < 1.29 is 18.0 Å². The molecule has 13 heteroatoms. The fourth-order valence-electron chi connectivity index (χ4n) is 4.18. The Bertz CT molecular complexity index is 1530. The molecule has 0 spiro atoms. The molecule has 1 fully saturated rings. The van der Waals surface area contributed by atoms with Crippen molar-refractivity contribution >= 4 is 55.6 Å². The Balaban J connectivity index is 1.37. The standard InChI is InChI=1S/C25H24N6O4S3/c32-21(16-7-4-5-8-16)20-18(11-6-12-26-20)29-23(33)31-24-30-19(15-36-17-9-2-1-3-10-17)22(37-24)38(34,35)25-27-13-14-28-25/h1-3,6,9-14,16H,4-5,7-8,15H2,(H,27,28)(H2,29,30,31,33). The summed E-state index contributed by atoms with van der Waals surface area (Å²) < 4.78 is 26.5. The van der Waals surface area contributed by atoms with Gasteiger partial charge in [-0.1, -0.05) is 42.4 Å². The number of sulfone groups is 1. The van der Waals surface area contributed by atoms with Gasteiger partial charge in [-0.15, -0.1) is 11.8 Å². The first-order chi connectivity index (χ1) is 18.4. The minimum absolute atomic E-state index is 0.00957. The van der Waals surface area contributed by atoms with Crippen LogP contribution in [0.2, 0.25) is 0 Å². The van der Waals surface area contributed by atoms with Gasteiger partial charge in [0.15, 0.2) is 15.1 Å². The number of H-pyrrole nitrogens is 1. The maximum atomic E-state index is 13.3. The van der Waals surface area contributed by atoms with Gasteiger partial charge in [-0.2, -0.15) is 0 Å². The Labute approximate surface area is 227 Å². The number of nitrogens with zero attached hydrogens (tertiary/aromatic N) is 3. The number of carbonyl (C=O) groups excluding carboxylic acids is 2. The van der Waals surface area contributed by atoms with Gasteiger partial charge < -0.3 is 10.3 Å². The van der Waals surface area contributed by atoms with E-state index >= 15 is 0 Å². The number of amides is 2. The van der Waals surface area contributed by atoms with Gasteiger partial charge in [-0.05, 0) is 37.1 Å². The van der Waals surface area contributed by atoms with E-state index in [1.54, 1.807) is 12.1 Å². The Morgan fingerprint density at radius 3 is 2.55 bits per heavy atom. The quantitative estimate of drug-likeness (QED) is 0.180. The molecule has 4 aromatic rings. The summed E-state index contributed by atoms with van der Waals surface area (Å²) in [6.07, 6.45) is 7.95. The number of ketones is 1. The van der Waals surface area contributed by atoms with E-state index in [4.69, 9.17) is 0 Å². The molecule has 1 aliphatic carbocycles. The smallest absolute Gasteiger partial charge is 0.325 e. The number of aromatic amines is 1. The minimum atomic E-state index is -3.98. The highest BCUT2D eigenvalue weighted by Crippen LogP contribution is 2.35. The fraction of sp³-hybridized carbons (Fsp3) is 0.240. The van der Waals surface area contributed by atoms with Crippen LogP contribution in [-0.2, 0) is 15.6 Å². The van der Waals surface area contributed by atoms with Crippen molar-refractivity contribution in [3.05, 3.63) is 72.4 Å². The van der Waals surface area contributed by atoms with Gasteiger partial charge in [0.2, 0.25) is 5.16 Å². The van der Waals surface area contributed by atoms with Crippen molar-refractivity contribution in [1.82, 2.24) is 19.9 Å². The highest BCUT2D eigenvalue weighted by Gasteiger charge is 2.30. The fourth-order valence-corrected chi connectivity index (χ4v) is 7.88. The van der Waals surface area contributed by atoms with Crippen LogP contribution in [0, 0.1) is 5.92 Å². The van der Waals surface area contributed by atoms with E-state index in [1.165, 1.54) is 30.4 Å². The molecule has 1 aromatic carbocycles. The molecular weight excluding hydrogens is 545 g/mol. The second-order valence-electron chi connectivity index (χ2n) is 8.58. The number of Topliss-reactive ketones (excluding diaryl/α,β-unsaturated/α-hetero) is 1. The van der Waals surface area contributed by atoms with Gasteiger partial charge in [0.1, 0.15) is 5.69 Å². The third-order valence-electron chi connectivity index (χ3n) is 5.99. The number of thioether (sulfide) groups is 1. The minimum Gasteiger partial charge on any atom is -0.335 e. The third-order valence-corrected chi connectivity index (χ3v) is 10.2. The number of urea groups is 1. The first kappa shape index (κ1) is 26.1. The van der Waals surface area contributed by atoms with Crippen molar-refractivity contribution in [2.24, 2.45) is 5.92 Å². The molecule has 3 heterocycles. The summed E-state index contributed by atoms with van der Waals surface area (Å²) in [6, 6.07) is 12.1. The summed E-state index contributed by atoms with van der Waals surface area (Å²) in [4.78, 5) is 42.0. The highest BCUT2D eigenvalue weighted by molar-refractivity contribution is 7.98. The molecule has 5 rings (SSSR count). The van der Waals surface area contributed by atoms with Crippen molar-refractivity contribution in [3.8, 4) is 0 Å². The highest BCUT2D eigenvalue weighted by atomic mass is 32.2. The summed E-state index contributed by atoms with van der Waals surface area (Å²) >= 11 is 2.27. The predicted molar refractivity (Wildman–Crippen MR) is 145 cm³/mol. The van der Waals surface area contributed by atoms with Gasteiger partial charge in [-0.3, -0.25) is 15.1 Å². The number of thiazole rings is 1. The van der Waals surface area contributed by atoms with Crippen LogP contribution in [0.5, 0.6) is 0 Å². The van der Waals surface area contributed by atoms with Crippen LogP contribution in [0.15, 0.2) is 75.3 Å². The number of hydrogen-bond donors (Lipinski definition) is 3. The average Bonchev–Trinajstić information content (AvgIpc) is 3.71. The molecule has 2 amide bonds. The van der Waals surface area contributed by atoms with E-state index in [-0.39, 0.29) is 37.6 Å². The molecule has 0 saturated heterocycles. The van der Waals surface area contributed by atoms with Crippen LogP contribution in [0.4, 0.5) is 15.6 Å². The van der Waals surface area contributed by atoms with Gasteiger partial charge in [0.05, 0.1) is 11.4 Å². The van der Waals surface area contributed by atoms with E-state index in [0.717, 1.165) is 41.9 Å². The third kappa shape index (κ3) is 5.79. The lowest BCUT2D eigenvalue weighted by atomic mass is 9.99. The zero-order valence-corrected chi connectivity index (χ0v) is 22.5. The second-order valence-corrected chi connectivity index (χ2v) is 12.7. The number of imidazole rings is 1. The molecule has 0 atom stereocenters. The van der Waals surface area contributed by atoms with Gasteiger partial charge in [0.25, 0.3) is 9.84 Å². The number of hydrogen-bond acceptors (Lipinski definition) is 9. The van der Waals surface area contributed by atoms with Gasteiger partial charge >= 0.3 is 6.03 Å². The first-order valence-electron chi connectivity index (χ1n) is 11.9. The molecule has 0 bridgehead atoms. The molecule has 3 N–H and O–H groups in total. The van der Waals surface area contributed by atoms with Gasteiger partial charge in [-0.25, -0.2) is 23.2 Å². The number of pyridine rings is 1. The van der Waals surface area contributed by atoms with E-state index in [0.29, 0.717) is 11.4 Å². The molecule has 0 unspecified atom stereocenters. The van der Waals surface area contributed by atoms with Crippen LogP contribution in [0.1, 0.15) is 41.9 Å². The molecule has 0 radical (unpaired) electrons. The summed E-state index contributed by atoms with van der Waals surface area (Å²) in [5, 5.41) is 5.19. The van der Waals surface area contributed by atoms with Crippen LogP contribution < -0.4 is 10.6 Å². The maximum absolute atomic E-state index is 13.3.